The largest absolute Gasteiger partial charge is 0.477 e. The van der Waals surface area contributed by atoms with E-state index in [0.29, 0.717) is 18.5 Å². The second-order valence-electron chi connectivity index (χ2n) is 5.01. The molecule has 116 valence electrons. The minimum absolute atomic E-state index is 0.0278. The number of rotatable bonds is 4. The van der Waals surface area contributed by atoms with E-state index in [4.69, 9.17) is 5.11 Å². The number of hydrogen-bond donors (Lipinski definition) is 4. The molecule has 0 bridgehead atoms. The molecule has 2 rings (SSSR count). The summed E-state index contributed by atoms with van der Waals surface area (Å²) in [5, 5.41) is 13.3. The smallest absolute Gasteiger partial charge is 0.354 e. The molecule has 0 spiro atoms. The minimum Gasteiger partial charge on any atom is -0.477 e. The van der Waals surface area contributed by atoms with Crippen molar-refractivity contribution < 1.29 is 23.1 Å². The Morgan fingerprint density at radius 3 is 2.76 bits per heavy atom. The van der Waals surface area contributed by atoms with Crippen LogP contribution in [0.25, 0.3) is 0 Å². The predicted octanol–water partition coefficient (Wildman–Crippen LogP) is 0.720. The summed E-state index contributed by atoms with van der Waals surface area (Å²) in [4.78, 5) is 25.3. The number of aromatic carboxylic acids is 1. The average Bonchev–Trinajstić information content (AvgIpc) is 2.89. The third-order valence-corrected chi connectivity index (χ3v) is 5.64. The zero-order valence-corrected chi connectivity index (χ0v) is 12.3. The second-order valence-corrected chi connectivity index (χ2v) is 7.41. The van der Waals surface area contributed by atoms with Crippen LogP contribution < -0.4 is 10.6 Å². The van der Waals surface area contributed by atoms with E-state index in [1.54, 1.807) is 6.92 Å². The molecule has 1 aromatic heterocycles. The molecule has 2 heterocycles. The Kier molecular flexibility index (Phi) is 4.21. The summed E-state index contributed by atoms with van der Waals surface area (Å²) in [6, 6.07) is 0.869. The Morgan fingerprint density at radius 1 is 1.48 bits per heavy atom. The van der Waals surface area contributed by atoms with Crippen LogP contribution in [-0.4, -0.2) is 48.1 Å². The highest BCUT2D eigenvalue weighted by molar-refractivity contribution is 7.92. The van der Waals surface area contributed by atoms with E-state index in [2.05, 4.69) is 15.6 Å². The lowest BCUT2D eigenvalue weighted by molar-refractivity contribution is 0.0692. The molecule has 0 aromatic carbocycles. The Morgan fingerprint density at radius 2 is 2.19 bits per heavy atom. The number of carbonyl (C=O) groups is 2. The highest BCUT2D eigenvalue weighted by Crippen LogP contribution is 2.19. The van der Waals surface area contributed by atoms with Crippen molar-refractivity contribution in [1.29, 1.82) is 0 Å². The Labute approximate surface area is 121 Å². The second kappa shape index (κ2) is 5.76. The van der Waals surface area contributed by atoms with Gasteiger partial charge in [0.2, 0.25) is 0 Å². The van der Waals surface area contributed by atoms with Gasteiger partial charge >= 0.3 is 12.0 Å². The first kappa shape index (κ1) is 15.4. The molecule has 1 fully saturated rings. The number of H-pyrrole nitrogens is 1. The maximum absolute atomic E-state index is 11.7. The summed E-state index contributed by atoms with van der Waals surface area (Å²) in [6.07, 6.45) is 1.14. The summed E-state index contributed by atoms with van der Waals surface area (Å²) in [6.45, 7) is 1.70. The molecule has 1 aromatic rings. The van der Waals surface area contributed by atoms with E-state index in [9.17, 15) is 18.0 Å². The predicted molar refractivity (Wildman–Crippen MR) is 76.3 cm³/mol. The third kappa shape index (κ3) is 3.54. The molecule has 2 amide bonds. The van der Waals surface area contributed by atoms with E-state index >= 15 is 0 Å². The number of hydrogen-bond acceptors (Lipinski definition) is 4. The lowest BCUT2D eigenvalue weighted by Crippen LogP contribution is -2.37. The summed E-state index contributed by atoms with van der Waals surface area (Å²) in [5.41, 5.74) is 0.629. The van der Waals surface area contributed by atoms with Gasteiger partial charge in [0.1, 0.15) is 5.69 Å². The van der Waals surface area contributed by atoms with Crippen molar-refractivity contribution in [2.75, 3.05) is 17.6 Å². The number of carboxylic acid groups (broad SMARTS) is 1. The first-order chi connectivity index (χ1) is 9.79. The number of aromatic amines is 1. The van der Waals surface area contributed by atoms with Crippen LogP contribution in [0.1, 0.15) is 29.0 Å². The van der Waals surface area contributed by atoms with Gasteiger partial charge in [-0.05, 0) is 25.8 Å². The highest BCUT2D eigenvalue weighted by Gasteiger charge is 2.31. The molecule has 0 saturated carbocycles. The van der Waals surface area contributed by atoms with Crippen LogP contribution in [0.5, 0.6) is 0 Å². The third-order valence-electron chi connectivity index (χ3n) is 3.37. The molecule has 9 heteroatoms. The van der Waals surface area contributed by atoms with Crippen molar-refractivity contribution in [3.05, 3.63) is 17.5 Å². The minimum atomic E-state index is -3.12. The highest BCUT2D eigenvalue weighted by atomic mass is 32.2. The van der Waals surface area contributed by atoms with Crippen molar-refractivity contribution >= 4 is 27.5 Å². The van der Waals surface area contributed by atoms with Crippen LogP contribution in [-0.2, 0) is 9.84 Å². The summed E-state index contributed by atoms with van der Waals surface area (Å²) in [7, 11) is -3.12. The van der Waals surface area contributed by atoms with Crippen LogP contribution in [0.15, 0.2) is 6.07 Å². The van der Waals surface area contributed by atoms with Gasteiger partial charge in [-0.15, -0.1) is 0 Å². The molecule has 0 aliphatic carbocycles. The summed E-state index contributed by atoms with van der Waals surface area (Å²) >= 11 is 0. The lowest BCUT2D eigenvalue weighted by atomic mass is 10.2. The number of sulfone groups is 1. The quantitative estimate of drug-likeness (QED) is 0.651. The van der Waals surface area contributed by atoms with Gasteiger partial charge in [-0.1, -0.05) is 0 Å². The van der Waals surface area contributed by atoms with Gasteiger partial charge in [-0.25, -0.2) is 18.0 Å². The number of anilines is 1. The van der Waals surface area contributed by atoms with E-state index in [1.165, 1.54) is 6.07 Å². The van der Waals surface area contributed by atoms with Gasteiger partial charge in [0.05, 0.1) is 16.7 Å². The van der Waals surface area contributed by atoms with Crippen LogP contribution >= 0.6 is 0 Å². The molecule has 0 radical (unpaired) electrons. The maximum atomic E-state index is 11.7. The van der Waals surface area contributed by atoms with Crippen molar-refractivity contribution in [3.8, 4) is 0 Å². The fourth-order valence-electron chi connectivity index (χ4n) is 2.32. The van der Waals surface area contributed by atoms with Gasteiger partial charge in [0.25, 0.3) is 0 Å². The van der Waals surface area contributed by atoms with E-state index in [-0.39, 0.29) is 23.7 Å². The van der Waals surface area contributed by atoms with Gasteiger partial charge in [-0.3, -0.25) is 0 Å². The summed E-state index contributed by atoms with van der Waals surface area (Å²) in [5.74, 6) is -1.03. The van der Waals surface area contributed by atoms with E-state index in [0.717, 1.165) is 0 Å². The number of carbonyl (C=O) groups excluding carboxylic acids is 1. The zero-order valence-electron chi connectivity index (χ0n) is 11.5. The van der Waals surface area contributed by atoms with Crippen molar-refractivity contribution in [3.63, 3.8) is 0 Å². The molecule has 1 atom stereocenters. The molecule has 4 N–H and O–H groups in total. The SMILES string of the molecule is Cc1cc(NC(=O)NCC2CCCS2(=O)=O)c(C(=O)O)[nH]1. The zero-order chi connectivity index (χ0) is 15.6. The lowest BCUT2D eigenvalue weighted by Gasteiger charge is -2.11. The van der Waals surface area contributed by atoms with Gasteiger partial charge in [-0.2, -0.15) is 0 Å². The molecular formula is C12H17N3O5S. The van der Waals surface area contributed by atoms with Crippen molar-refractivity contribution in [2.45, 2.75) is 25.0 Å². The van der Waals surface area contributed by atoms with E-state index < -0.39 is 27.1 Å². The summed E-state index contributed by atoms with van der Waals surface area (Å²) < 4.78 is 23.2. The van der Waals surface area contributed by atoms with E-state index in [1.807, 2.05) is 0 Å². The van der Waals surface area contributed by atoms with Gasteiger partial charge in [0, 0.05) is 12.2 Å². The fourth-order valence-corrected chi connectivity index (χ4v) is 4.08. The molecule has 1 saturated heterocycles. The first-order valence-corrected chi connectivity index (χ1v) is 8.20. The number of amides is 2. The number of nitrogens with one attached hydrogen (secondary N) is 3. The first-order valence-electron chi connectivity index (χ1n) is 6.49. The number of aryl methyl sites for hydroxylation is 1. The normalized spacial score (nSPS) is 20.1. The Bertz CT molecular complexity index is 664. The monoisotopic (exact) mass is 315 g/mol. The molecule has 1 aliphatic heterocycles. The van der Waals surface area contributed by atoms with Gasteiger partial charge < -0.3 is 20.7 Å². The number of urea groups is 1. The van der Waals surface area contributed by atoms with Crippen molar-refractivity contribution in [1.82, 2.24) is 10.3 Å². The maximum Gasteiger partial charge on any atom is 0.354 e. The molecule has 21 heavy (non-hydrogen) atoms. The Hall–Kier alpha value is -2.03. The fraction of sp³-hybridized carbons (Fsp3) is 0.500. The molecular weight excluding hydrogens is 298 g/mol. The number of aromatic nitrogens is 1. The van der Waals surface area contributed by atoms with Crippen LogP contribution in [0.2, 0.25) is 0 Å². The topological polar surface area (TPSA) is 128 Å². The van der Waals surface area contributed by atoms with Crippen LogP contribution in [0.3, 0.4) is 0 Å². The molecule has 1 unspecified atom stereocenters. The molecule has 1 aliphatic rings. The van der Waals surface area contributed by atoms with Crippen LogP contribution in [0.4, 0.5) is 10.5 Å². The standard InChI is InChI=1S/C12H17N3O5S/c1-7-5-9(10(14-7)11(16)17)15-12(18)13-6-8-3-2-4-21(8,19)20/h5,8,14H,2-4,6H2,1H3,(H,16,17)(H2,13,15,18). The molecule has 8 nitrogen and oxygen atoms in total. The van der Waals surface area contributed by atoms with Gasteiger partial charge in [0.15, 0.2) is 9.84 Å². The van der Waals surface area contributed by atoms with Crippen molar-refractivity contribution in [2.24, 2.45) is 0 Å². The average molecular weight is 315 g/mol. The van der Waals surface area contributed by atoms with Crippen LogP contribution in [0, 0.1) is 6.92 Å². The Balaban J connectivity index is 1.95. The number of carboxylic acids is 1.